The molecule has 370 valence electrons. The molecule has 0 bridgehead atoms. The number of carboxylic acids is 1. The molecule has 0 aliphatic carbocycles. The lowest BCUT2D eigenvalue weighted by Crippen LogP contribution is -2.60. The molecule has 0 radical (unpaired) electrons. The van der Waals surface area contributed by atoms with Gasteiger partial charge in [-0.2, -0.15) is 0 Å². The van der Waals surface area contributed by atoms with Gasteiger partial charge in [-0.15, -0.1) is 0 Å². The maximum atomic E-state index is 14.5. The minimum absolute atomic E-state index is 0.0540. The molecule has 0 heterocycles. The monoisotopic (exact) mass is 940 g/mol. The number of amides is 6. The Labute approximate surface area is 389 Å². The second-order valence-electron chi connectivity index (χ2n) is 16.1. The number of phenolic OH excluding ortho intramolecular Hbond substituents is 2. The minimum Gasteiger partial charge on any atom is -0.508 e. The van der Waals surface area contributed by atoms with Crippen LogP contribution in [0.4, 0.5) is 0 Å². The third-order valence-corrected chi connectivity index (χ3v) is 10.6. The molecule has 0 spiro atoms. The maximum Gasteiger partial charge on any atom is 0.326 e. The van der Waals surface area contributed by atoms with E-state index in [1.165, 1.54) is 55.5 Å². The number of nitrogens with one attached hydrogen (secondary N) is 6. The number of benzene rings is 2. The van der Waals surface area contributed by atoms with E-state index in [1.54, 1.807) is 13.8 Å². The van der Waals surface area contributed by atoms with Gasteiger partial charge in [0.2, 0.25) is 35.4 Å². The number of unbranched alkanes of at least 4 members (excludes halogenated alkanes) is 1. The summed E-state index contributed by atoms with van der Waals surface area (Å²) in [6.45, 7) is 5.24. The van der Waals surface area contributed by atoms with Crippen LogP contribution in [-0.4, -0.2) is 125 Å². The van der Waals surface area contributed by atoms with Crippen molar-refractivity contribution in [2.75, 3.05) is 19.6 Å². The Bertz CT molecular complexity index is 1990. The van der Waals surface area contributed by atoms with Crippen LogP contribution in [0.15, 0.2) is 58.5 Å². The number of phenols is 2. The predicted octanol–water partition coefficient (Wildman–Crippen LogP) is -1.82. The second-order valence-corrected chi connectivity index (χ2v) is 16.1. The SMILES string of the molecule is CC[C@H](C)[C@H](NC(=O)[C@H](CCCN=C(N)N)NC(=O)[C@H](Cc1ccc(O)cc1)NC(=O)[C@H](Cc1ccc(O)cc1)NC(=O)[C@H](CCCN=C(N)N)NC(C)=O)C(=O)N[C@@H](CCCCN)C(=O)O. The number of aromatic hydroxyl groups is 2. The fourth-order valence-electron chi connectivity index (χ4n) is 6.73. The Morgan fingerprint density at radius 3 is 1.34 bits per heavy atom. The molecule has 2 aromatic carbocycles. The number of nitrogens with two attached hydrogens (primary N) is 5. The minimum atomic E-state index is -1.44. The summed E-state index contributed by atoms with van der Waals surface area (Å²) in [5, 5.41) is 45.6. The first kappa shape index (κ1) is 56.0. The van der Waals surface area contributed by atoms with Crippen molar-refractivity contribution in [1.82, 2.24) is 31.9 Å². The Balaban J connectivity index is 2.56. The highest BCUT2D eigenvalue weighted by atomic mass is 16.4. The Morgan fingerprint density at radius 1 is 0.552 bits per heavy atom. The van der Waals surface area contributed by atoms with Gasteiger partial charge in [0.05, 0.1) is 0 Å². The third kappa shape index (κ3) is 21.6. The molecule has 0 aliphatic rings. The van der Waals surface area contributed by atoms with E-state index in [1.807, 2.05) is 0 Å². The summed E-state index contributed by atoms with van der Waals surface area (Å²) in [4.78, 5) is 103. The molecule has 0 aromatic heterocycles. The zero-order valence-electron chi connectivity index (χ0n) is 38.3. The van der Waals surface area contributed by atoms with E-state index in [2.05, 4.69) is 41.9 Å². The van der Waals surface area contributed by atoms with Gasteiger partial charge in [0.25, 0.3) is 0 Å². The first-order chi connectivity index (χ1) is 31.7. The molecule has 0 aliphatic heterocycles. The quantitative estimate of drug-likeness (QED) is 0.0233. The average molecular weight is 940 g/mol. The van der Waals surface area contributed by atoms with Crippen molar-refractivity contribution in [2.24, 2.45) is 44.6 Å². The number of carbonyl (C=O) groups is 7. The highest BCUT2D eigenvalue weighted by Crippen LogP contribution is 2.16. The molecule has 6 amide bonds. The highest BCUT2D eigenvalue weighted by Gasteiger charge is 2.35. The number of carbonyl (C=O) groups excluding carboxylic acids is 6. The molecule has 0 unspecified atom stereocenters. The van der Waals surface area contributed by atoms with E-state index in [-0.39, 0.29) is 81.5 Å². The Morgan fingerprint density at radius 2 is 0.940 bits per heavy atom. The molecule has 2 rings (SSSR count). The molecule has 23 heteroatoms. The molecular weight excluding hydrogens is 871 g/mol. The van der Waals surface area contributed by atoms with Crippen molar-refractivity contribution in [2.45, 2.75) is 121 Å². The normalized spacial score (nSPS) is 14.0. The standard InChI is InChI=1S/C44H69N13O10/c1-4-25(2)36(41(65)54-33(42(66)67)9-5-6-20-45)57-38(62)32(11-8-22-51-44(48)49)53-39(63)34(23-27-12-16-29(59)17-13-27)56-40(64)35(24-28-14-18-30(60)19-15-28)55-37(61)31(52-26(3)58)10-7-21-50-43(46)47/h12-19,25,31-36,59-60H,4-11,20-24,45H2,1-3H3,(H,52,58)(H,53,63)(H,54,65)(H,55,61)(H,56,64)(H,57,62)(H,66,67)(H4,46,47,50)(H4,48,49,51)/t25-,31-,32-,33-,34-,35-,36-/m0/s1. The summed E-state index contributed by atoms with van der Waals surface area (Å²) < 4.78 is 0. The van der Waals surface area contributed by atoms with Crippen molar-refractivity contribution in [3.8, 4) is 11.5 Å². The summed E-state index contributed by atoms with van der Waals surface area (Å²) in [6.07, 6.45) is 1.62. The largest absolute Gasteiger partial charge is 0.508 e. The number of nitrogens with zero attached hydrogens (tertiary/aromatic N) is 2. The van der Waals surface area contributed by atoms with Gasteiger partial charge in [-0.1, -0.05) is 44.5 Å². The van der Waals surface area contributed by atoms with Crippen LogP contribution in [0, 0.1) is 5.92 Å². The summed E-state index contributed by atoms with van der Waals surface area (Å²) in [7, 11) is 0. The van der Waals surface area contributed by atoms with Crippen molar-refractivity contribution in [3.63, 3.8) is 0 Å². The number of carboxylic acid groups (broad SMARTS) is 1. The molecule has 2 aromatic rings. The van der Waals surface area contributed by atoms with Crippen molar-refractivity contribution >= 4 is 53.3 Å². The van der Waals surface area contributed by atoms with Crippen LogP contribution in [0.2, 0.25) is 0 Å². The van der Waals surface area contributed by atoms with Crippen LogP contribution >= 0.6 is 0 Å². The summed E-state index contributed by atoms with van der Waals surface area (Å²) in [5.74, 6) is -6.76. The lowest BCUT2D eigenvalue weighted by molar-refractivity contribution is -0.143. The van der Waals surface area contributed by atoms with Gasteiger partial charge >= 0.3 is 5.97 Å². The van der Waals surface area contributed by atoms with Crippen LogP contribution in [0.1, 0.15) is 83.3 Å². The van der Waals surface area contributed by atoms with Gasteiger partial charge in [0, 0.05) is 32.9 Å². The highest BCUT2D eigenvalue weighted by molar-refractivity contribution is 5.97. The van der Waals surface area contributed by atoms with Gasteiger partial charge in [0.15, 0.2) is 11.9 Å². The third-order valence-electron chi connectivity index (χ3n) is 10.6. The molecular formula is C44H69N13O10. The van der Waals surface area contributed by atoms with Gasteiger partial charge in [-0.3, -0.25) is 38.8 Å². The second kappa shape index (κ2) is 29.4. The van der Waals surface area contributed by atoms with Crippen molar-refractivity contribution in [3.05, 3.63) is 59.7 Å². The van der Waals surface area contributed by atoms with Crippen LogP contribution in [0.25, 0.3) is 0 Å². The molecule has 23 nitrogen and oxygen atoms in total. The van der Waals surface area contributed by atoms with E-state index in [0.29, 0.717) is 36.9 Å². The molecule has 7 atom stereocenters. The van der Waals surface area contributed by atoms with Crippen LogP contribution in [0.5, 0.6) is 11.5 Å². The molecule has 67 heavy (non-hydrogen) atoms. The van der Waals surface area contributed by atoms with Gasteiger partial charge in [-0.05, 0) is 92.8 Å². The number of rotatable bonds is 30. The smallest absolute Gasteiger partial charge is 0.326 e. The molecule has 19 N–H and O–H groups in total. The Kier molecular flexibility index (Phi) is 24.5. The van der Waals surface area contributed by atoms with Crippen LogP contribution in [-0.2, 0) is 46.4 Å². The summed E-state index contributed by atoms with van der Waals surface area (Å²) in [6, 6.07) is 3.87. The topological polar surface area (TPSA) is 407 Å². The lowest BCUT2D eigenvalue weighted by Gasteiger charge is -2.29. The van der Waals surface area contributed by atoms with E-state index in [9.17, 15) is 48.9 Å². The fourth-order valence-corrected chi connectivity index (χ4v) is 6.73. The van der Waals surface area contributed by atoms with E-state index < -0.39 is 83.6 Å². The van der Waals surface area contributed by atoms with E-state index in [0.717, 1.165) is 0 Å². The first-order valence-corrected chi connectivity index (χ1v) is 22.1. The number of aliphatic carboxylic acids is 1. The number of hydrogen-bond donors (Lipinski definition) is 14. The van der Waals surface area contributed by atoms with E-state index in [4.69, 9.17) is 28.7 Å². The molecule has 0 saturated carbocycles. The van der Waals surface area contributed by atoms with Crippen LogP contribution in [0.3, 0.4) is 0 Å². The average Bonchev–Trinajstić information content (AvgIpc) is 3.27. The van der Waals surface area contributed by atoms with Crippen LogP contribution < -0.4 is 60.6 Å². The van der Waals surface area contributed by atoms with E-state index >= 15 is 0 Å². The molecule has 0 fully saturated rings. The van der Waals surface area contributed by atoms with Gasteiger partial charge < -0.3 is 75.9 Å². The summed E-state index contributed by atoms with van der Waals surface area (Å²) in [5.41, 5.74) is 28.4. The first-order valence-electron chi connectivity index (χ1n) is 22.1. The Hall–Kier alpha value is -7.17. The maximum absolute atomic E-state index is 14.5. The fraction of sp³-hybridized carbons (Fsp3) is 0.523. The van der Waals surface area contributed by atoms with Gasteiger partial charge in [-0.25, -0.2) is 4.79 Å². The lowest BCUT2D eigenvalue weighted by atomic mass is 9.96. The predicted molar refractivity (Wildman–Crippen MR) is 251 cm³/mol. The number of aliphatic imine (C=N–C) groups is 2. The zero-order valence-corrected chi connectivity index (χ0v) is 38.3. The van der Waals surface area contributed by atoms with Gasteiger partial charge in [0.1, 0.15) is 47.8 Å². The van der Waals surface area contributed by atoms with Crippen molar-refractivity contribution < 1.29 is 48.9 Å². The molecule has 0 saturated heterocycles. The number of guanidine groups is 2. The number of hydrogen-bond acceptors (Lipinski definition) is 12. The zero-order chi connectivity index (χ0) is 50.1. The summed E-state index contributed by atoms with van der Waals surface area (Å²) >= 11 is 0. The van der Waals surface area contributed by atoms with Crippen molar-refractivity contribution in [1.29, 1.82) is 0 Å².